The Bertz CT molecular complexity index is 544. The van der Waals surface area contributed by atoms with Gasteiger partial charge in [0.05, 0.1) is 6.20 Å². The molecule has 0 atom stereocenters. The van der Waals surface area contributed by atoms with Crippen molar-refractivity contribution < 1.29 is 9.53 Å². The lowest BCUT2D eigenvalue weighted by atomic mass is 10.2. The van der Waals surface area contributed by atoms with E-state index >= 15 is 0 Å². The summed E-state index contributed by atoms with van der Waals surface area (Å²) in [6.45, 7) is 5.52. The van der Waals surface area contributed by atoms with E-state index in [2.05, 4.69) is 9.97 Å². The minimum Gasteiger partial charge on any atom is -0.456 e. The third-order valence-corrected chi connectivity index (χ3v) is 3.04. The molecule has 18 heavy (non-hydrogen) atoms. The van der Waals surface area contributed by atoms with Crippen LogP contribution >= 0.6 is 11.3 Å². The maximum absolute atomic E-state index is 11.8. The van der Waals surface area contributed by atoms with Crippen molar-refractivity contribution in [2.45, 2.75) is 26.4 Å². The molecule has 0 amide bonds. The van der Waals surface area contributed by atoms with Crippen LogP contribution in [0.1, 0.15) is 30.4 Å². The summed E-state index contributed by atoms with van der Waals surface area (Å²) in [5.41, 5.74) is 0.410. The second kappa shape index (κ2) is 4.86. The Morgan fingerprint density at radius 1 is 1.33 bits per heavy atom. The van der Waals surface area contributed by atoms with E-state index < -0.39 is 5.60 Å². The van der Waals surface area contributed by atoms with Gasteiger partial charge in [0.1, 0.15) is 15.5 Å². The van der Waals surface area contributed by atoms with Gasteiger partial charge in [-0.2, -0.15) is 0 Å². The Kier molecular flexibility index (Phi) is 3.43. The summed E-state index contributed by atoms with van der Waals surface area (Å²) in [5, 5.41) is 0.768. The molecule has 0 radical (unpaired) electrons. The molecule has 0 unspecified atom stereocenters. The summed E-state index contributed by atoms with van der Waals surface area (Å²) in [7, 11) is 0. The molecule has 0 saturated carbocycles. The normalized spacial score (nSPS) is 11.3. The first kappa shape index (κ1) is 12.7. The number of nitrogens with zero attached hydrogens (tertiary/aromatic N) is 2. The largest absolute Gasteiger partial charge is 0.456 e. The molecular formula is C13H14N2O2S. The van der Waals surface area contributed by atoms with Crippen LogP contribution in [0.5, 0.6) is 0 Å². The van der Waals surface area contributed by atoms with E-state index in [1.54, 1.807) is 18.6 Å². The van der Waals surface area contributed by atoms with Crippen LogP contribution in [-0.2, 0) is 4.74 Å². The van der Waals surface area contributed by atoms with Crippen LogP contribution in [0.4, 0.5) is 0 Å². The minimum atomic E-state index is -0.491. The molecule has 0 aromatic carbocycles. The lowest BCUT2D eigenvalue weighted by Crippen LogP contribution is -2.23. The van der Waals surface area contributed by atoms with Crippen molar-refractivity contribution in [3.8, 4) is 10.6 Å². The third-order valence-electron chi connectivity index (χ3n) is 2.01. The molecule has 5 heteroatoms. The van der Waals surface area contributed by atoms with E-state index in [-0.39, 0.29) is 5.97 Å². The lowest BCUT2D eigenvalue weighted by molar-refractivity contribution is 0.00750. The van der Waals surface area contributed by atoms with E-state index in [4.69, 9.17) is 4.74 Å². The number of esters is 1. The highest BCUT2D eigenvalue weighted by atomic mass is 32.1. The highest BCUT2D eigenvalue weighted by Crippen LogP contribution is 2.25. The van der Waals surface area contributed by atoms with Gasteiger partial charge in [-0.05, 0) is 32.9 Å². The van der Waals surface area contributed by atoms with Gasteiger partial charge in [-0.15, -0.1) is 11.3 Å². The van der Waals surface area contributed by atoms with Crippen LogP contribution in [-0.4, -0.2) is 21.5 Å². The van der Waals surface area contributed by atoms with Crippen molar-refractivity contribution in [1.82, 2.24) is 9.97 Å². The Labute approximate surface area is 110 Å². The zero-order chi connectivity index (χ0) is 13.2. The van der Waals surface area contributed by atoms with Gasteiger partial charge >= 0.3 is 5.97 Å². The smallest absolute Gasteiger partial charge is 0.350 e. The number of hydrogen-bond acceptors (Lipinski definition) is 5. The standard InChI is InChI=1S/C13H14N2O2S/c1-13(2,3)17-12(16)10-8-15-11(18-10)9-5-4-6-14-7-9/h4-8H,1-3H3. The fourth-order valence-electron chi connectivity index (χ4n) is 1.32. The second-order valence-electron chi connectivity index (χ2n) is 4.77. The van der Waals surface area contributed by atoms with Gasteiger partial charge in [0.25, 0.3) is 0 Å². The lowest BCUT2D eigenvalue weighted by Gasteiger charge is -2.18. The first-order chi connectivity index (χ1) is 8.46. The number of aromatic nitrogens is 2. The van der Waals surface area contributed by atoms with Gasteiger partial charge in [0, 0.05) is 18.0 Å². The molecule has 2 aromatic heterocycles. The van der Waals surface area contributed by atoms with E-state index in [1.807, 2.05) is 32.9 Å². The fourth-order valence-corrected chi connectivity index (χ4v) is 2.10. The number of pyridine rings is 1. The average Bonchev–Trinajstić information content (AvgIpc) is 2.77. The van der Waals surface area contributed by atoms with Crippen molar-refractivity contribution in [2.24, 2.45) is 0 Å². The molecule has 0 aliphatic heterocycles. The van der Waals surface area contributed by atoms with Crippen molar-refractivity contribution in [3.63, 3.8) is 0 Å². The van der Waals surface area contributed by atoms with Crippen LogP contribution in [0.2, 0.25) is 0 Å². The van der Waals surface area contributed by atoms with E-state index in [0.29, 0.717) is 4.88 Å². The first-order valence-corrected chi connectivity index (χ1v) is 6.37. The third kappa shape index (κ3) is 3.13. The van der Waals surface area contributed by atoms with Gasteiger partial charge in [-0.1, -0.05) is 0 Å². The zero-order valence-corrected chi connectivity index (χ0v) is 11.3. The quantitative estimate of drug-likeness (QED) is 0.780. The highest BCUT2D eigenvalue weighted by Gasteiger charge is 2.20. The summed E-state index contributed by atoms with van der Waals surface area (Å²) in [6, 6.07) is 3.74. The Balaban J connectivity index is 2.19. The molecule has 0 N–H and O–H groups in total. The van der Waals surface area contributed by atoms with Crippen LogP contribution in [0.25, 0.3) is 10.6 Å². The maximum atomic E-state index is 11.8. The molecule has 94 valence electrons. The maximum Gasteiger partial charge on any atom is 0.350 e. The van der Waals surface area contributed by atoms with Crippen LogP contribution < -0.4 is 0 Å². The van der Waals surface area contributed by atoms with Gasteiger partial charge in [-0.3, -0.25) is 4.98 Å². The molecule has 4 nitrogen and oxygen atoms in total. The number of carbonyl (C=O) groups excluding carboxylic acids is 1. The summed E-state index contributed by atoms with van der Waals surface area (Å²) in [5.74, 6) is -0.338. The molecule has 2 heterocycles. The Morgan fingerprint density at radius 2 is 2.11 bits per heavy atom. The van der Waals surface area contributed by atoms with Gasteiger partial charge < -0.3 is 4.74 Å². The minimum absolute atomic E-state index is 0.338. The number of carbonyl (C=O) groups is 1. The number of ether oxygens (including phenoxy) is 1. The molecule has 0 aliphatic carbocycles. The van der Waals surface area contributed by atoms with E-state index in [1.165, 1.54) is 11.3 Å². The molecular weight excluding hydrogens is 248 g/mol. The SMILES string of the molecule is CC(C)(C)OC(=O)c1cnc(-c2cccnc2)s1. The molecule has 0 bridgehead atoms. The number of thiazole rings is 1. The summed E-state index contributed by atoms with van der Waals surface area (Å²) >= 11 is 1.31. The monoisotopic (exact) mass is 262 g/mol. The predicted molar refractivity (Wildman–Crippen MR) is 70.5 cm³/mol. The summed E-state index contributed by atoms with van der Waals surface area (Å²) in [6.07, 6.45) is 4.96. The molecule has 0 aliphatic rings. The highest BCUT2D eigenvalue weighted by molar-refractivity contribution is 7.16. The van der Waals surface area contributed by atoms with E-state index in [0.717, 1.165) is 10.6 Å². The Hall–Kier alpha value is -1.75. The summed E-state index contributed by atoms with van der Waals surface area (Å²) < 4.78 is 5.29. The molecule has 0 spiro atoms. The van der Waals surface area contributed by atoms with E-state index in [9.17, 15) is 4.79 Å². The zero-order valence-electron chi connectivity index (χ0n) is 10.5. The van der Waals surface area contributed by atoms with Crippen molar-refractivity contribution in [3.05, 3.63) is 35.6 Å². The second-order valence-corrected chi connectivity index (χ2v) is 5.80. The van der Waals surface area contributed by atoms with Crippen LogP contribution in [0.15, 0.2) is 30.7 Å². The van der Waals surface area contributed by atoms with Gasteiger partial charge in [0.15, 0.2) is 0 Å². The molecule has 0 fully saturated rings. The van der Waals surface area contributed by atoms with Crippen LogP contribution in [0.3, 0.4) is 0 Å². The first-order valence-electron chi connectivity index (χ1n) is 5.55. The summed E-state index contributed by atoms with van der Waals surface area (Å²) in [4.78, 5) is 20.6. The molecule has 0 saturated heterocycles. The predicted octanol–water partition coefficient (Wildman–Crippen LogP) is 3.16. The topological polar surface area (TPSA) is 52.1 Å². The fraction of sp³-hybridized carbons (Fsp3) is 0.308. The molecule has 2 rings (SSSR count). The van der Waals surface area contributed by atoms with Gasteiger partial charge in [0.2, 0.25) is 0 Å². The molecule has 2 aromatic rings. The van der Waals surface area contributed by atoms with Gasteiger partial charge in [-0.25, -0.2) is 9.78 Å². The Morgan fingerprint density at radius 3 is 2.72 bits per heavy atom. The van der Waals surface area contributed by atoms with Crippen molar-refractivity contribution >= 4 is 17.3 Å². The number of rotatable bonds is 2. The van der Waals surface area contributed by atoms with Crippen molar-refractivity contribution in [2.75, 3.05) is 0 Å². The van der Waals surface area contributed by atoms with Crippen LogP contribution in [0, 0.1) is 0 Å². The van der Waals surface area contributed by atoms with Crippen molar-refractivity contribution in [1.29, 1.82) is 0 Å². The average molecular weight is 262 g/mol. The number of hydrogen-bond donors (Lipinski definition) is 0.